The zero-order chi connectivity index (χ0) is 9.90. The van der Waals surface area contributed by atoms with Crippen molar-refractivity contribution in [3.63, 3.8) is 0 Å². The number of nitrogens with zero attached hydrogens (tertiary/aromatic N) is 1. The first-order valence-electron chi connectivity index (χ1n) is 4.47. The molecule has 0 aromatic heterocycles. The van der Waals surface area contributed by atoms with E-state index in [2.05, 4.69) is 5.32 Å². The van der Waals surface area contributed by atoms with Gasteiger partial charge in [-0.2, -0.15) is 13.2 Å². The van der Waals surface area contributed by atoms with Crippen molar-refractivity contribution in [1.82, 2.24) is 10.2 Å². The van der Waals surface area contributed by atoms with E-state index < -0.39 is 12.7 Å². The number of hydrogen-bond acceptors (Lipinski definition) is 2. The Bertz CT molecular complexity index is 155. The van der Waals surface area contributed by atoms with Crippen LogP contribution in [0.15, 0.2) is 0 Å². The molecule has 0 amide bonds. The molecule has 1 rings (SSSR count). The molecule has 1 aliphatic heterocycles. The van der Waals surface area contributed by atoms with Crippen molar-refractivity contribution in [2.24, 2.45) is 0 Å². The van der Waals surface area contributed by atoms with Gasteiger partial charge < -0.3 is 5.32 Å². The highest BCUT2D eigenvalue weighted by Crippen LogP contribution is 2.19. The van der Waals surface area contributed by atoms with E-state index in [9.17, 15) is 13.2 Å². The summed E-state index contributed by atoms with van der Waals surface area (Å²) < 4.78 is 35.9. The van der Waals surface area contributed by atoms with Crippen LogP contribution in [0.1, 0.15) is 12.8 Å². The first kappa shape index (κ1) is 14.0. The Kier molecular flexibility index (Phi) is 5.78. The molecule has 1 fully saturated rings. The van der Waals surface area contributed by atoms with Crippen LogP contribution >= 0.6 is 12.4 Å². The lowest BCUT2D eigenvalue weighted by atomic mass is 10.1. The molecule has 0 radical (unpaired) electrons. The second kappa shape index (κ2) is 5.78. The summed E-state index contributed by atoms with van der Waals surface area (Å²) in [5, 5.41) is 3.08. The zero-order valence-corrected chi connectivity index (χ0v) is 8.92. The number of rotatable bonds is 2. The lowest BCUT2D eigenvalue weighted by Gasteiger charge is -2.32. The second-order valence-corrected chi connectivity index (χ2v) is 3.45. The Balaban J connectivity index is 0.00000169. The quantitative estimate of drug-likeness (QED) is 0.779. The number of alkyl halides is 3. The fourth-order valence-electron chi connectivity index (χ4n) is 1.63. The van der Waals surface area contributed by atoms with Crippen LogP contribution in [-0.2, 0) is 0 Å². The minimum absolute atomic E-state index is 0. The fraction of sp³-hybridized carbons (Fsp3) is 1.00. The molecular formula is C8H16ClF3N2. The third-order valence-electron chi connectivity index (χ3n) is 2.40. The van der Waals surface area contributed by atoms with Gasteiger partial charge in [-0.3, -0.25) is 4.90 Å². The predicted octanol–water partition coefficient (Wildman–Crippen LogP) is 1.65. The van der Waals surface area contributed by atoms with E-state index in [0.29, 0.717) is 19.1 Å². The Morgan fingerprint density at radius 2 is 1.79 bits per heavy atom. The molecule has 0 saturated carbocycles. The van der Waals surface area contributed by atoms with Gasteiger partial charge >= 0.3 is 6.18 Å². The van der Waals surface area contributed by atoms with E-state index >= 15 is 0 Å². The summed E-state index contributed by atoms with van der Waals surface area (Å²) in [6.45, 7) is 0.333. The maximum atomic E-state index is 12.0. The van der Waals surface area contributed by atoms with Gasteiger partial charge in [0.25, 0.3) is 0 Å². The summed E-state index contributed by atoms with van der Waals surface area (Å²) >= 11 is 0. The van der Waals surface area contributed by atoms with Crippen LogP contribution in [-0.4, -0.2) is 43.8 Å². The van der Waals surface area contributed by atoms with Gasteiger partial charge in [0.1, 0.15) is 0 Å². The van der Waals surface area contributed by atoms with Crippen molar-refractivity contribution in [1.29, 1.82) is 0 Å². The summed E-state index contributed by atoms with van der Waals surface area (Å²) in [7, 11) is 1.85. The smallest absolute Gasteiger partial charge is 0.317 e. The average Bonchev–Trinajstić information content (AvgIpc) is 2.03. The normalized spacial score (nSPS) is 20.6. The molecule has 0 aromatic rings. The topological polar surface area (TPSA) is 15.3 Å². The molecule has 0 aromatic carbocycles. The van der Waals surface area contributed by atoms with Gasteiger partial charge in [0.2, 0.25) is 0 Å². The van der Waals surface area contributed by atoms with Gasteiger partial charge in [-0.05, 0) is 33.0 Å². The second-order valence-electron chi connectivity index (χ2n) is 3.45. The van der Waals surface area contributed by atoms with Crippen molar-refractivity contribution in [2.75, 3.05) is 26.7 Å². The van der Waals surface area contributed by atoms with Gasteiger partial charge in [0, 0.05) is 6.04 Å². The van der Waals surface area contributed by atoms with Gasteiger partial charge in [-0.1, -0.05) is 0 Å². The molecular weight excluding hydrogens is 217 g/mol. The van der Waals surface area contributed by atoms with Gasteiger partial charge in [-0.25, -0.2) is 0 Å². The first-order valence-corrected chi connectivity index (χ1v) is 4.47. The molecule has 0 unspecified atom stereocenters. The van der Waals surface area contributed by atoms with Crippen molar-refractivity contribution in [3.8, 4) is 0 Å². The van der Waals surface area contributed by atoms with E-state index in [4.69, 9.17) is 0 Å². The highest BCUT2D eigenvalue weighted by molar-refractivity contribution is 5.85. The third-order valence-corrected chi connectivity index (χ3v) is 2.40. The largest absolute Gasteiger partial charge is 0.401 e. The van der Waals surface area contributed by atoms with E-state index in [0.717, 1.165) is 12.8 Å². The van der Waals surface area contributed by atoms with Gasteiger partial charge in [0.15, 0.2) is 0 Å². The monoisotopic (exact) mass is 232 g/mol. The summed E-state index contributed by atoms with van der Waals surface area (Å²) in [6, 6.07) is 0.393. The van der Waals surface area contributed by atoms with E-state index in [1.165, 1.54) is 4.90 Å². The number of likely N-dealkylation sites (tertiary alicyclic amines) is 1. The van der Waals surface area contributed by atoms with E-state index in [-0.39, 0.29) is 12.4 Å². The van der Waals surface area contributed by atoms with Crippen molar-refractivity contribution >= 4 is 12.4 Å². The number of piperidine rings is 1. The number of hydrogen-bond donors (Lipinski definition) is 1. The molecule has 0 aliphatic carbocycles. The first-order chi connectivity index (χ1) is 6.01. The lowest BCUT2D eigenvalue weighted by Crippen LogP contribution is -2.44. The number of halogens is 4. The summed E-state index contributed by atoms with van der Waals surface area (Å²) in [4.78, 5) is 1.47. The van der Waals surface area contributed by atoms with E-state index in [1.54, 1.807) is 0 Å². The van der Waals surface area contributed by atoms with Crippen LogP contribution in [0.5, 0.6) is 0 Å². The molecule has 0 bridgehead atoms. The van der Waals surface area contributed by atoms with E-state index in [1.807, 2.05) is 7.05 Å². The molecule has 1 aliphatic rings. The highest BCUT2D eigenvalue weighted by Gasteiger charge is 2.32. The van der Waals surface area contributed by atoms with Gasteiger partial charge in [-0.15, -0.1) is 12.4 Å². The van der Waals surface area contributed by atoms with Crippen LogP contribution in [0, 0.1) is 0 Å². The van der Waals surface area contributed by atoms with Crippen molar-refractivity contribution < 1.29 is 13.2 Å². The van der Waals surface area contributed by atoms with Crippen molar-refractivity contribution in [2.45, 2.75) is 25.1 Å². The molecule has 0 atom stereocenters. The maximum Gasteiger partial charge on any atom is 0.401 e. The average molecular weight is 233 g/mol. The molecule has 1 N–H and O–H groups in total. The Morgan fingerprint density at radius 3 is 2.14 bits per heavy atom. The molecule has 6 heteroatoms. The SMILES string of the molecule is CNC1CCN(CC(F)(F)F)CC1.Cl. The fourth-order valence-corrected chi connectivity index (χ4v) is 1.63. The summed E-state index contributed by atoms with van der Waals surface area (Å²) in [5.41, 5.74) is 0. The standard InChI is InChI=1S/C8H15F3N2.ClH/c1-12-7-2-4-13(5-3-7)6-8(9,10)11;/h7,12H,2-6H2,1H3;1H. The summed E-state index contributed by atoms with van der Waals surface area (Å²) in [6.07, 6.45) is -2.42. The highest BCUT2D eigenvalue weighted by atomic mass is 35.5. The minimum Gasteiger partial charge on any atom is -0.317 e. The minimum atomic E-state index is -4.05. The molecule has 2 nitrogen and oxygen atoms in total. The Labute approximate surface area is 88.2 Å². The third kappa shape index (κ3) is 5.02. The number of nitrogens with one attached hydrogen (secondary N) is 1. The van der Waals surface area contributed by atoms with Crippen LogP contribution in [0.25, 0.3) is 0 Å². The molecule has 1 saturated heterocycles. The van der Waals surface area contributed by atoms with Crippen LogP contribution in [0.4, 0.5) is 13.2 Å². The van der Waals surface area contributed by atoms with Crippen LogP contribution in [0.2, 0.25) is 0 Å². The predicted molar refractivity (Wildman–Crippen MR) is 51.8 cm³/mol. The van der Waals surface area contributed by atoms with Crippen LogP contribution in [0.3, 0.4) is 0 Å². The maximum absolute atomic E-state index is 12.0. The Hall–Kier alpha value is -0.0000000000000000555. The van der Waals surface area contributed by atoms with Gasteiger partial charge in [0.05, 0.1) is 6.54 Å². The zero-order valence-electron chi connectivity index (χ0n) is 8.10. The molecule has 1 heterocycles. The lowest BCUT2D eigenvalue weighted by molar-refractivity contribution is -0.148. The van der Waals surface area contributed by atoms with Crippen LogP contribution < -0.4 is 5.32 Å². The Morgan fingerprint density at radius 1 is 1.29 bits per heavy atom. The molecule has 0 spiro atoms. The summed E-state index contributed by atoms with van der Waals surface area (Å²) in [5.74, 6) is 0. The molecule has 14 heavy (non-hydrogen) atoms. The van der Waals surface area contributed by atoms with Crippen molar-refractivity contribution in [3.05, 3.63) is 0 Å². The molecule has 86 valence electrons.